The van der Waals surface area contributed by atoms with Crippen LogP contribution in [0.4, 0.5) is 5.69 Å². The molecule has 6 nitrogen and oxygen atoms in total. The first-order chi connectivity index (χ1) is 8.90. The number of nitro groups is 1. The third-order valence-corrected chi connectivity index (χ3v) is 2.66. The van der Waals surface area contributed by atoms with E-state index in [1.54, 1.807) is 6.07 Å². The molecule has 106 valence electrons. The Kier molecular flexibility index (Phi) is 6.20. The minimum Gasteiger partial charge on any atom is -0.484 e. The molecule has 0 heterocycles. The van der Waals surface area contributed by atoms with E-state index in [-0.39, 0.29) is 30.8 Å². The van der Waals surface area contributed by atoms with Crippen LogP contribution in [0.3, 0.4) is 0 Å². The van der Waals surface area contributed by atoms with Crippen LogP contribution in [0.25, 0.3) is 0 Å². The van der Waals surface area contributed by atoms with Crippen molar-refractivity contribution < 1.29 is 19.5 Å². The van der Waals surface area contributed by atoms with Crippen molar-refractivity contribution >= 4 is 21.6 Å². The lowest BCUT2D eigenvalue weighted by atomic mass is 10.3. The molecule has 1 atom stereocenters. The summed E-state index contributed by atoms with van der Waals surface area (Å²) in [6.07, 6.45) is -0.817. The smallest absolute Gasteiger partial charge is 0.312 e. The number of benzene rings is 1. The molecule has 0 aliphatic carbocycles. The zero-order valence-corrected chi connectivity index (χ0v) is 12.3. The van der Waals surface area contributed by atoms with E-state index in [2.05, 4.69) is 15.9 Å². The van der Waals surface area contributed by atoms with Crippen molar-refractivity contribution in [3.8, 4) is 5.75 Å². The molecule has 7 heteroatoms. The molecule has 1 rings (SSSR count). The van der Waals surface area contributed by atoms with Crippen LogP contribution in [0.5, 0.6) is 5.75 Å². The van der Waals surface area contributed by atoms with E-state index >= 15 is 0 Å². The molecule has 0 aromatic heterocycles. The standard InChI is InChI=1S/C12H16BrNO5/c1-8(2)18-6-10(15)7-19-12-4-3-9(13)5-11(12)14(16)17/h3-5,8,10,15H,6-7H2,1-2H3. The Morgan fingerprint density at radius 3 is 2.68 bits per heavy atom. The van der Waals surface area contributed by atoms with E-state index in [4.69, 9.17) is 9.47 Å². The first kappa shape index (κ1) is 15.9. The van der Waals surface area contributed by atoms with Gasteiger partial charge in [-0.3, -0.25) is 10.1 Å². The second-order valence-electron chi connectivity index (χ2n) is 4.22. The Morgan fingerprint density at radius 2 is 2.11 bits per heavy atom. The van der Waals surface area contributed by atoms with Crippen LogP contribution in [-0.4, -0.2) is 35.5 Å². The summed E-state index contributed by atoms with van der Waals surface area (Å²) in [5.41, 5.74) is -0.147. The van der Waals surface area contributed by atoms with Gasteiger partial charge in [0, 0.05) is 10.5 Å². The van der Waals surface area contributed by atoms with Gasteiger partial charge in [0.15, 0.2) is 5.75 Å². The molecule has 0 spiro atoms. The van der Waals surface area contributed by atoms with Crippen molar-refractivity contribution in [3.05, 3.63) is 32.8 Å². The lowest BCUT2D eigenvalue weighted by Gasteiger charge is -2.14. The third kappa shape index (κ3) is 5.54. The molecule has 19 heavy (non-hydrogen) atoms. The number of hydrogen-bond acceptors (Lipinski definition) is 5. The maximum absolute atomic E-state index is 10.9. The summed E-state index contributed by atoms with van der Waals surface area (Å²) in [6, 6.07) is 4.48. The molecule has 0 fully saturated rings. The van der Waals surface area contributed by atoms with Gasteiger partial charge in [0.1, 0.15) is 12.7 Å². The van der Waals surface area contributed by atoms with Gasteiger partial charge >= 0.3 is 5.69 Å². The minimum atomic E-state index is -0.828. The Balaban J connectivity index is 2.60. The highest BCUT2D eigenvalue weighted by molar-refractivity contribution is 9.10. The van der Waals surface area contributed by atoms with Gasteiger partial charge < -0.3 is 14.6 Å². The third-order valence-electron chi connectivity index (χ3n) is 2.17. The van der Waals surface area contributed by atoms with Crippen LogP contribution in [0.15, 0.2) is 22.7 Å². The zero-order chi connectivity index (χ0) is 14.4. The molecule has 0 aliphatic rings. The summed E-state index contributed by atoms with van der Waals surface area (Å²) in [5, 5.41) is 20.5. The Hall–Kier alpha value is -1.18. The van der Waals surface area contributed by atoms with Gasteiger partial charge in [-0.1, -0.05) is 15.9 Å². The first-order valence-corrected chi connectivity index (χ1v) is 6.56. The van der Waals surface area contributed by atoms with Gasteiger partial charge in [0.05, 0.1) is 17.6 Å². The molecule has 0 saturated carbocycles. The molecule has 0 bridgehead atoms. The molecule has 1 aromatic carbocycles. The topological polar surface area (TPSA) is 81.8 Å². The van der Waals surface area contributed by atoms with E-state index in [1.807, 2.05) is 13.8 Å². The predicted octanol–water partition coefficient (Wildman–Crippen LogP) is 2.52. The molecule has 0 aliphatic heterocycles. The summed E-state index contributed by atoms with van der Waals surface area (Å²) in [4.78, 5) is 10.3. The highest BCUT2D eigenvalue weighted by Crippen LogP contribution is 2.30. The maximum Gasteiger partial charge on any atom is 0.312 e. The van der Waals surface area contributed by atoms with Gasteiger partial charge in [-0.05, 0) is 26.0 Å². The lowest BCUT2D eigenvalue weighted by molar-refractivity contribution is -0.386. The average Bonchev–Trinajstić information content (AvgIpc) is 2.34. The molecule has 0 saturated heterocycles. The Labute approximate surface area is 119 Å². The minimum absolute atomic E-state index is 0.0108. The molecule has 0 amide bonds. The van der Waals surface area contributed by atoms with E-state index in [0.717, 1.165) is 0 Å². The molecule has 0 radical (unpaired) electrons. The van der Waals surface area contributed by atoms with Crippen LogP contribution in [0.1, 0.15) is 13.8 Å². The highest BCUT2D eigenvalue weighted by atomic mass is 79.9. The fraction of sp³-hybridized carbons (Fsp3) is 0.500. The van der Waals surface area contributed by atoms with Crippen LogP contribution in [-0.2, 0) is 4.74 Å². The van der Waals surface area contributed by atoms with E-state index in [1.165, 1.54) is 12.1 Å². The SMILES string of the molecule is CC(C)OCC(O)COc1ccc(Br)cc1[N+](=O)[O-]. The number of nitro benzene ring substituents is 1. The fourth-order valence-electron chi connectivity index (χ4n) is 1.29. The fourth-order valence-corrected chi connectivity index (χ4v) is 1.64. The molecule has 1 N–H and O–H groups in total. The summed E-state index contributed by atoms with van der Waals surface area (Å²) in [5.74, 6) is 0.122. The Bertz CT molecular complexity index is 438. The second-order valence-corrected chi connectivity index (χ2v) is 5.13. The zero-order valence-electron chi connectivity index (χ0n) is 10.7. The summed E-state index contributed by atoms with van der Waals surface area (Å²) in [6.45, 7) is 3.78. The van der Waals surface area contributed by atoms with Gasteiger partial charge in [-0.25, -0.2) is 0 Å². The number of nitrogens with zero attached hydrogens (tertiary/aromatic N) is 1. The number of halogens is 1. The average molecular weight is 334 g/mol. The van der Waals surface area contributed by atoms with E-state index in [0.29, 0.717) is 4.47 Å². The molecular weight excluding hydrogens is 318 g/mol. The van der Waals surface area contributed by atoms with Crippen LogP contribution < -0.4 is 4.74 Å². The summed E-state index contributed by atoms with van der Waals surface area (Å²) in [7, 11) is 0. The molecular formula is C12H16BrNO5. The normalized spacial score (nSPS) is 12.5. The van der Waals surface area contributed by atoms with Crippen molar-refractivity contribution in [3.63, 3.8) is 0 Å². The number of aliphatic hydroxyl groups excluding tert-OH is 1. The summed E-state index contributed by atoms with van der Waals surface area (Å²) < 4.78 is 11.1. The van der Waals surface area contributed by atoms with E-state index in [9.17, 15) is 15.2 Å². The quantitative estimate of drug-likeness (QED) is 0.612. The van der Waals surface area contributed by atoms with Gasteiger partial charge in [-0.15, -0.1) is 0 Å². The number of ether oxygens (including phenoxy) is 2. The largest absolute Gasteiger partial charge is 0.484 e. The predicted molar refractivity (Wildman–Crippen MR) is 73.4 cm³/mol. The van der Waals surface area contributed by atoms with Crippen LogP contribution in [0, 0.1) is 10.1 Å². The molecule has 1 aromatic rings. The van der Waals surface area contributed by atoms with Crippen molar-refractivity contribution in [2.24, 2.45) is 0 Å². The van der Waals surface area contributed by atoms with Crippen molar-refractivity contribution in [2.45, 2.75) is 26.1 Å². The first-order valence-electron chi connectivity index (χ1n) is 5.76. The maximum atomic E-state index is 10.9. The van der Waals surface area contributed by atoms with Crippen LogP contribution >= 0.6 is 15.9 Å². The van der Waals surface area contributed by atoms with Gasteiger partial charge in [-0.2, -0.15) is 0 Å². The van der Waals surface area contributed by atoms with Crippen molar-refractivity contribution in [1.82, 2.24) is 0 Å². The monoisotopic (exact) mass is 333 g/mol. The number of rotatable bonds is 7. The number of hydrogen-bond donors (Lipinski definition) is 1. The second kappa shape index (κ2) is 7.42. The van der Waals surface area contributed by atoms with Gasteiger partial charge in [0.25, 0.3) is 0 Å². The number of aliphatic hydroxyl groups is 1. The molecule has 1 unspecified atom stereocenters. The summed E-state index contributed by atoms with van der Waals surface area (Å²) >= 11 is 3.16. The Morgan fingerprint density at radius 1 is 1.42 bits per heavy atom. The van der Waals surface area contributed by atoms with E-state index < -0.39 is 11.0 Å². The lowest BCUT2D eigenvalue weighted by Crippen LogP contribution is -2.25. The van der Waals surface area contributed by atoms with Gasteiger partial charge in [0.2, 0.25) is 0 Å². The van der Waals surface area contributed by atoms with Crippen molar-refractivity contribution in [2.75, 3.05) is 13.2 Å². The highest BCUT2D eigenvalue weighted by Gasteiger charge is 2.17. The van der Waals surface area contributed by atoms with Crippen molar-refractivity contribution in [1.29, 1.82) is 0 Å². The van der Waals surface area contributed by atoms with Crippen LogP contribution in [0.2, 0.25) is 0 Å².